The van der Waals surface area contributed by atoms with Crippen LogP contribution in [0.1, 0.15) is 30.5 Å². The molecule has 134 valence electrons. The summed E-state index contributed by atoms with van der Waals surface area (Å²) in [7, 11) is 0. The molecular formula is C21H28N2O2. The predicted molar refractivity (Wildman–Crippen MR) is 102 cm³/mol. The number of carbonyl (C=O) groups is 1. The number of likely N-dealkylation sites (N-methyl/N-ethyl adjacent to an activating group) is 1. The summed E-state index contributed by atoms with van der Waals surface area (Å²) in [6, 6.07) is 16.2. The zero-order valence-electron chi connectivity index (χ0n) is 15.3. The lowest BCUT2D eigenvalue weighted by molar-refractivity contribution is -0.120. The molecule has 0 aliphatic rings. The van der Waals surface area contributed by atoms with E-state index in [2.05, 4.69) is 43.5 Å². The van der Waals surface area contributed by atoms with Crippen molar-refractivity contribution in [2.45, 2.75) is 39.8 Å². The van der Waals surface area contributed by atoms with E-state index in [4.69, 9.17) is 4.74 Å². The molecule has 2 N–H and O–H groups in total. The first-order chi connectivity index (χ1) is 12.1. The minimum absolute atomic E-state index is 0.0285. The molecule has 2 aromatic carbocycles. The van der Waals surface area contributed by atoms with E-state index in [0.717, 1.165) is 17.9 Å². The number of carbonyl (C=O) groups excluding carboxylic acids is 1. The molecule has 0 bridgehead atoms. The van der Waals surface area contributed by atoms with Gasteiger partial charge in [0.2, 0.25) is 5.91 Å². The van der Waals surface area contributed by atoms with Gasteiger partial charge < -0.3 is 15.4 Å². The molecular weight excluding hydrogens is 312 g/mol. The highest BCUT2D eigenvalue weighted by molar-refractivity contribution is 5.78. The van der Waals surface area contributed by atoms with E-state index in [0.29, 0.717) is 19.6 Å². The summed E-state index contributed by atoms with van der Waals surface area (Å²) in [6.45, 7) is 8.26. The van der Waals surface area contributed by atoms with Crippen molar-refractivity contribution in [2.24, 2.45) is 0 Å². The van der Waals surface area contributed by atoms with Crippen LogP contribution in [-0.2, 0) is 17.8 Å². The van der Waals surface area contributed by atoms with E-state index in [1.165, 1.54) is 11.1 Å². The molecule has 4 heteroatoms. The first kappa shape index (κ1) is 19.0. The minimum Gasteiger partial charge on any atom is -0.489 e. The Morgan fingerprint density at radius 2 is 1.96 bits per heavy atom. The average molecular weight is 340 g/mol. The van der Waals surface area contributed by atoms with Crippen LogP contribution in [-0.4, -0.2) is 25.0 Å². The zero-order chi connectivity index (χ0) is 18.1. The van der Waals surface area contributed by atoms with Crippen LogP contribution in [0.15, 0.2) is 48.5 Å². The largest absolute Gasteiger partial charge is 0.489 e. The summed E-state index contributed by atoms with van der Waals surface area (Å²) in [5.41, 5.74) is 3.34. The number of aryl methyl sites for hydroxylation is 1. The number of ether oxygens (including phenoxy) is 1. The minimum atomic E-state index is 0.0285. The van der Waals surface area contributed by atoms with Crippen LogP contribution in [0.3, 0.4) is 0 Å². The van der Waals surface area contributed by atoms with Gasteiger partial charge >= 0.3 is 0 Å². The Morgan fingerprint density at radius 3 is 2.72 bits per heavy atom. The van der Waals surface area contributed by atoms with Gasteiger partial charge in [-0.05, 0) is 49.2 Å². The highest BCUT2D eigenvalue weighted by Crippen LogP contribution is 2.17. The fraction of sp³-hybridized carbons (Fsp3) is 0.381. The quantitative estimate of drug-likeness (QED) is 0.737. The van der Waals surface area contributed by atoms with Crippen molar-refractivity contribution in [1.82, 2.24) is 10.6 Å². The molecule has 1 amide bonds. The monoisotopic (exact) mass is 340 g/mol. The van der Waals surface area contributed by atoms with Gasteiger partial charge in [-0.1, -0.05) is 43.3 Å². The van der Waals surface area contributed by atoms with Crippen LogP contribution in [0.4, 0.5) is 0 Å². The smallest absolute Gasteiger partial charge is 0.224 e. The normalized spacial score (nSPS) is 11.8. The maximum absolute atomic E-state index is 12.1. The predicted octanol–water partition coefficient (Wildman–Crippen LogP) is 3.23. The summed E-state index contributed by atoms with van der Waals surface area (Å²) < 4.78 is 5.88. The van der Waals surface area contributed by atoms with E-state index in [-0.39, 0.29) is 11.9 Å². The SMILES string of the molecule is CCN[C@H](C)CNC(=O)Cc1cccc(OCc2ccccc2C)c1. The van der Waals surface area contributed by atoms with Gasteiger partial charge in [0.15, 0.2) is 0 Å². The van der Waals surface area contributed by atoms with Crippen molar-refractivity contribution in [3.05, 3.63) is 65.2 Å². The first-order valence-electron chi connectivity index (χ1n) is 8.84. The van der Waals surface area contributed by atoms with Crippen molar-refractivity contribution >= 4 is 5.91 Å². The summed E-state index contributed by atoms with van der Waals surface area (Å²) in [6.07, 6.45) is 0.362. The fourth-order valence-corrected chi connectivity index (χ4v) is 2.61. The summed E-state index contributed by atoms with van der Waals surface area (Å²) >= 11 is 0. The van der Waals surface area contributed by atoms with Gasteiger partial charge in [0.1, 0.15) is 12.4 Å². The lowest BCUT2D eigenvalue weighted by Gasteiger charge is -2.13. The molecule has 0 spiro atoms. The number of nitrogens with one attached hydrogen (secondary N) is 2. The first-order valence-corrected chi connectivity index (χ1v) is 8.84. The molecule has 0 heterocycles. The molecule has 4 nitrogen and oxygen atoms in total. The van der Waals surface area contributed by atoms with Crippen LogP contribution in [0.2, 0.25) is 0 Å². The van der Waals surface area contributed by atoms with E-state index >= 15 is 0 Å². The number of amides is 1. The van der Waals surface area contributed by atoms with E-state index in [1.54, 1.807) is 0 Å². The van der Waals surface area contributed by atoms with E-state index in [1.807, 2.05) is 36.4 Å². The lowest BCUT2D eigenvalue weighted by atomic mass is 10.1. The Hall–Kier alpha value is -2.33. The molecule has 0 radical (unpaired) electrons. The molecule has 0 aliphatic carbocycles. The molecule has 0 aliphatic heterocycles. The molecule has 0 saturated carbocycles. The molecule has 0 saturated heterocycles. The Labute approximate surface area is 150 Å². The van der Waals surface area contributed by atoms with Gasteiger partial charge in [0, 0.05) is 12.6 Å². The second-order valence-corrected chi connectivity index (χ2v) is 6.30. The Bertz CT molecular complexity index is 685. The highest BCUT2D eigenvalue weighted by Gasteiger charge is 2.07. The van der Waals surface area contributed by atoms with Crippen LogP contribution >= 0.6 is 0 Å². The summed E-state index contributed by atoms with van der Waals surface area (Å²) in [5.74, 6) is 0.815. The maximum atomic E-state index is 12.1. The van der Waals surface area contributed by atoms with Crippen molar-refractivity contribution in [3.63, 3.8) is 0 Å². The number of benzene rings is 2. The van der Waals surface area contributed by atoms with Crippen molar-refractivity contribution in [2.75, 3.05) is 13.1 Å². The number of hydrogen-bond donors (Lipinski definition) is 2. The van der Waals surface area contributed by atoms with Crippen molar-refractivity contribution < 1.29 is 9.53 Å². The third-order valence-electron chi connectivity index (χ3n) is 4.08. The topological polar surface area (TPSA) is 50.4 Å². The molecule has 2 aromatic rings. The summed E-state index contributed by atoms with van der Waals surface area (Å²) in [4.78, 5) is 12.1. The Morgan fingerprint density at radius 1 is 1.16 bits per heavy atom. The zero-order valence-corrected chi connectivity index (χ0v) is 15.3. The van der Waals surface area contributed by atoms with Gasteiger partial charge in [-0.2, -0.15) is 0 Å². The number of hydrogen-bond acceptors (Lipinski definition) is 3. The van der Waals surface area contributed by atoms with Crippen LogP contribution in [0, 0.1) is 6.92 Å². The Kier molecular flexibility index (Phi) is 7.48. The van der Waals surface area contributed by atoms with Crippen LogP contribution < -0.4 is 15.4 Å². The average Bonchev–Trinajstić information content (AvgIpc) is 2.60. The third kappa shape index (κ3) is 6.59. The lowest BCUT2D eigenvalue weighted by Crippen LogP contribution is -2.39. The third-order valence-corrected chi connectivity index (χ3v) is 4.08. The number of rotatable bonds is 9. The second kappa shape index (κ2) is 9.84. The van der Waals surface area contributed by atoms with Gasteiger partial charge in [-0.25, -0.2) is 0 Å². The standard InChI is InChI=1S/C21H28N2O2/c1-4-22-17(3)14-23-21(24)13-18-9-7-11-20(12-18)25-15-19-10-6-5-8-16(19)2/h5-12,17,22H,4,13-15H2,1-3H3,(H,23,24)/t17-/m1/s1. The molecule has 2 rings (SSSR count). The Balaban J connectivity index is 1.86. The molecule has 0 fully saturated rings. The fourth-order valence-electron chi connectivity index (χ4n) is 2.61. The molecule has 1 atom stereocenters. The molecule has 25 heavy (non-hydrogen) atoms. The second-order valence-electron chi connectivity index (χ2n) is 6.30. The maximum Gasteiger partial charge on any atom is 0.224 e. The van der Waals surface area contributed by atoms with E-state index in [9.17, 15) is 4.79 Å². The van der Waals surface area contributed by atoms with Gasteiger partial charge in [-0.3, -0.25) is 4.79 Å². The highest BCUT2D eigenvalue weighted by atomic mass is 16.5. The van der Waals surface area contributed by atoms with Crippen LogP contribution in [0.25, 0.3) is 0 Å². The van der Waals surface area contributed by atoms with Gasteiger partial charge in [-0.15, -0.1) is 0 Å². The molecule has 0 aromatic heterocycles. The van der Waals surface area contributed by atoms with Gasteiger partial charge in [0.25, 0.3) is 0 Å². The molecule has 0 unspecified atom stereocenters. The van der Waals surface area contributed by atoms with Gasteiger partial charge in [0.05, 0.1) is 6.42 Å². The summed E-state index contributed by atoms with van der Waals surface area (Å²) in [5, 5.41) is 6.23. The van der Waals surface area contributed by atoms with Crippen molar-refractivity contribution in [1.29, 1.82) is 0 Å². The van der Waals surface area contributed by atoms with Crippen LogP contribution in [0.5, 0.6) is 5.75 Å². The van der Waals surface area contributed by atoms with E-state index < -0.39 is 0 Å². The van der Waals surface area contributed by atoms with Crippen molar-refractivity contribution in [3.8, 4) is 5.75 Å².